The van der Waals surface area contributed by atoms with E-state index in [9.17, 15) is 14.0 Å². The van der Waals surface area contributed by atoms with Crippen molar-refractivity contribution in [2.45, 2.75) is 25.8 Å². The SMILES string of the molecule is C[C@H]1CC[C@H](C(N)=O)CN1C(=O)c1cc2c(F)cccc2s1. The smallest absolute Gasteiger partial charge is 0.264 e. The molecule has 1 saturated heterocycles. The second kappa shape index (κ2) is 5.68. The van der Waals surface area contributed by atoms with Gasteiger partial charge in [-0.25, -0.2) is 4.39 Å². The number of fused-ring (bicyclic) bond motifs is 1. The maximum atomic E-state index is 13.8. The summed E-state index contributed by atoms with van der Waals surface area (Å²) in [6.07, 6.45) is 1.46. The number of amides is 2. The standard InChI is InChI=1S/C16H17FN2O2S/c1-9-5-6-10(15(18)20)8-19(9)16(21)14-7-11-12(17)3-2-4-13(11)22-14/h2-4,7,9-10H,5-6,8H2,1H3,(H2,18,20)/t9-,10-/m0/s1. The van der Waals surface area contributed by atoms with E-state index in [1.807, 2.05) is 6.92 Å². The van der Waals surface area contributed by atoms with Crippen molar-refractivity contribution in [3.05, 3.63) is 35.0 Å². The summed E-state index contributed by atoms with van der Waals surface area (Å²) < 4.78 is 14.5. The first-order chi connectivity index (χ1) is 10.5. The van der Waals surface area contributed by atoms with Gasteiger partial charge in [-0.2, -0.15) is 0 Å². The van der Waals surface area contributed by atoms with Gasteiger partial charge in [0.25, 0.3) is 5.91 Å². The van der Waals surface area contributed by atoms with Crippen molar-refractivity contribution in [1.82, 2.24) is 4.90 Å². The first-order valence-electron chi connectivity index (χ1n) is 7.25. The van der Waals surface area contributed by atoms with Crippen molar-refractivity contribution in [2.75, 3.05) is 6.54 Å². The Hall–Kier alpha value is -1.95. The Morgan fingerprint density at radius 2 is 2.14 bits per heavy atom. The van der Waals surface area contributed by atoms with Crippen molar-refractivity contribution in [3.8, 4) is 0 Å². The molecule has 2 aromatic rings. The lowest BCUT2D eigenvalue weighted by atomic mass is 9.93. The minimum Gasteiger partial charge on any atom is -0.369 e. The third-order valence-corrected chi connectivity index (χ3v) is 5.35. The molecular weight excluding hydrogens is 303 g/mol. The second-order valence-corrected chi connectivity index (χ2v) is 6.83. The van der Waals surface area contributed by atoms with Crippen LogP contribution in [0.2, 0.25) is 0 Å². The topological polar surface area (TPSA) is 63.4 Å². The van der Waals surface area contributed by atoms with E-state index in [0.717, 1.165) is 11.1 Å². The predicted octanol–water partition coefficient (Wildman–Crippen LogP) is 2.77. The van der Waals surface area contributed by atoms with Crippen LogP contribution in [0.1, 0.15) is 29.4 Å². The summed E-state index contributed by atoms with van der Waals surface area (Å²) in [7, 11) is 0. The van der Waals surface area contributed by atoms with Gasteiger partial charge in [-0.15, -0.1) is 11.3 Å². The van der Waals surface area contributed by atoms with Gasteiger partial charge in [0.15, 0.2) is 0 Å². The van der Waals surface area contributed by atoms with Crippen molar-refractivity contribution in [3.63, 3.8) is 0 Å². The normalized spacial score (nSPS) is 22.0. The number of carbonyl (C=O) groups excluding carboxylic acids is 2. The van der Waals surface area contributed by atoms with Crippen LogP contribution in [0, 0.1) is 11.7 Å². The summed E-state index contributed by atoms with van der Waals surface area (Å²) in [6, 6.07) is 6.47. The van der Waals surface area contributed by atoms with Crippen LogP contribution < -0.4 is 5.73 Å². The molecule has 0 unspecified atom stereocenters. The average molecular weight is 320 g/mol. The third-order valence-electron chi connectivity index (χ3n) is 4.26. The molecule has 0 spiro atoms. The molecule has 2 amide bonds. The molecule has 1 aromatic carbocycles. The lowest BCUT2D eigenvalue weighted by Crippen LogP contribution is -2.48. The number of halogens is 1. The Bertz CT molecular complexity index is 743. The molecule has 2 N–H and O–H groups in total. The van der Waals surface area contributed by atoms with Crippen LogP contribution in [0.3, 0.4) is 0 Å². The van der Waals surface area contributed by atoms with Crippen molar-refractivity contribution in [2.24, 2.45) is 11.7 Å². The zero-order valence-corrected chi connectivity index (χ0v) is 13.0. The Morgan fingerprint density at radius 3 is 2.82 bits per heavy atom. The van der Waals surface area contributed by atoms with E-state index in [1.165, 1.54) is 17.4 Å². The van der Waals surface area contributed by atoms with Gasteiger partial charge in [0.05, 0.1) is 10.8 Å². The number of carbonyl (C=O) groups is 2. The Balaban J connectivity index is 1.90. The monoisotopic (exact) mass is 320 g/mol. The summed E-state index contributed by atoms with van der Waals surface area (Å²) in [5.74, 6) is -1.15. The second-order valence-electron chi connectivity index (χ2n) is 5.75. The summed E-state index contributed by atoms with van der Waals surface area (Å²) in [5, 5.41) is 0.465. The van der Waals surface area contributed by atoms with Crippen molar-refractivity contribution in [1.29, 1.82) is 0 Å². The molecule has 1 aliphatic rings. The van der Waals surface area contributed by atoms with E-state index >= 15 is 0 Å². The van der Waals surface area contributed by atoms with Gasteiger partial charge < -0.3 is 10.6 Å². The first kappa shape index (κ1) is 15.0. The Labute approximate surface area is 131 Å². The molecule has 2 atom stereocenters. The van der Waals surface area contributed by atoms with Crippen LogP contribution in [0.5, 0.6) is 0 Å². The number of piperidine rings is 1. The van der Waals surface area contributed by atoms with Crippen LogP contribution in [0.4, 0.5) is 4.39 Å². The van der Waals surface area contributed by atoms with Gasteiger partial charge in [-0.3, -0.25) is 9.59 Å². The number of hydrogen-bond donors (Lipinski definition) is 1. The fourth-order valence-corrected chi connectivity index (χ4v) is 3.93. The number of nitrogens with zero attached hydrogens (tertiary/aromatic N) is 1. The Kier molecular flexibility index (Phi) is 3.87. The molecule has 4 nitrogen and oxygen atoms in total. The summed E-state index contributed by atoms with van der Waals surface area (Å²) in [4.78, 5) is 26.3. The molecule has 1 aliphatic heterocycles. The molecule has 0 bridgehead atoms. The fraction of sp³-hybridized carbons (Fsp3) is 0.375. The summed E-state index contributed by atoms with van der Waals surface area (Å²) in [5.41, 5.74) is 5.37. The Morgan fingerprint density at radius 1 is 1.36 bits per heavy atom. The lowest BCUT2D eigenvalue weighted by molar-refractivity contribution is -0.123. The number of benzene rings is 1. The molecule has 6 heteroatoms. The first-order valence-corrected chi connectivity index (χ1v) is 8.07. The molecule has 2 heterocycles. The number of likely N-dealkylation sites (tertiary alicyclic amines) is 1. The quantitative estimate of drug-likeness (QED) is 0.925. The minimum absolute atomic E-state index is 0.0539. The van der Waals surface area contributed by atoms with E-state index in [1.54, 1.807) is 23.1 Å². The summed E-state index contributed by atoms with van der Waals surface area (Å²) >= 11 is 1.28. The lowest BCUT2D eigenvalue weighted by Gasteiger charge is -2.36. The minimum atomic E-state index is -0.368. The summed E-state index contributed by atoms with van der Waals surface area (Å²) in [6.45, 7) is 2.30. The van der Waals surface area contributed by atoms with Crippen LogP contribution in [-0.2, 0) is 4.79 Å². The van der Waals surface area contributed by atoms with E-state index in [0.29, 0.717) is 23.2 Å². The van der Waals surface area contributed by atoms with E-state index < -0.39 is 0 Å². The molecule has 116 valence electrons. The zero-order valence-electron chi connectivity index (χ0n) is 12.2. The third kappa shape index (κ3) is 2.59. The number of thiophene rings is 1. The van der Waals surface area contributed by atoms with Crippen LogP contribution in [0.25, 0.3) is 10.1 Å². The zero-order chi connectivity index (χ0) is 15.9. The highest BCUT2D eigenvalue weighted by molar-refractivity contribution is 7.20. The number of primary amides is 1. The number of rotatable bonds is 2. The maximum absolute atomic E-state index is 13.8. The molecule has 1 aromatic heterocycles. The van der Waals surface area contributed by atoms with Gasteiger partial charge in [0.2, 0.25) is 5.91 Å². The van der Waals surface area contributed by atoms with Crippen LogP contribution >= 0.6 is 11.3 Å². The maximum Gasteiger partial charge on any atom is 0.264 e. The molecule has 0 saturated carbocycles. The fourth-order valence-electron chi connectivity index (χ4n) is 2.89. The molecule has 0 aliphatic carbocycles. The highest BCUT2D eigenvalue weighted by Crippen LogP contribution is 2.31. The van der Waals surface area contributed by atoms with Gasteiger partial charge in [0, 0.05) is 22.7 Å². The van der Waals surface area contributed by atoms with Gasteiger partial charge >= 0.3 is 0 Å². The van der Waals surface area contributed by atoms with Gasteiger partial charge in [-0.1, -0.05) is 6.07 Å². The molecule has 22 heavy (non-hydrogen) atoms. The molecule has 0 radical (unpaired) electrons. The largest absolute Gasteiger partial charge is 0.369 e. The molecule has 3 rings (SSSR count). The van der Waals surface area contributed by atoms with Gasteiger partial charge in [-0.05, 0) is 38.0 Å². The number of hydrogen-bond acceptors (Lipinski definition) is 3. The van der Waals surface area contributed by atoms with E-state index in [-0.39, 0.29) is 29.6 Å². The predicted molar refractivity (Wildman–Crippen MR) is 84.2 cm³/mol. The highest BCUT2D eigenvalue weighted by atomic mass is 32.1. The van der Waals surface area contributed by atoms with Crippen LogP contribution in [-0.4, -0.2) is 29.3 Å². The molecule has 1 fully saturated rings. The number of nitrogens with two attached hydrogens (primary N) is 1. The van der Waals surface area contributed by atoms with E-state index in [4.69, 9.17) is 5.73 Å². The highest BCUT2D eigenvalue weighted by Gasteiger charge is 2.32. The van der Waals surface area contributed by atoms with Crippen molar-refractivity contribution < 1.29 is 14.0 Å². The average Bonchev–Trinajstić information content (AvgIpc) is 2.92. The molecular formula is C16H17FN2O2S. The van der Waals surface area contributed by atoms with Crippen molar-refractivity contribution >= 4 is 33.2 Å². The van der Waals surface area contributed by atoms with Crippen LogP contribution in [0.15, 0.2) is 24.3 Å². The van der Waals surface area contributed by atoms with Gasteiger partial charge in [0.1, 0.15) is 5.82 Å². The van der Waals surface area contributed by atoms with E-state index in [2.05, 4.69) is 0 Å².